The maximum atomic E-state index is 13.5. The molecule has 1 aliphatic carbocycles. The van der Waals surface area contributed by atoms with Gasteiger partial charge in [-0.1, -0.05) is 25.1 Å². The molecule has 1 N–H and O–H groups in total. The van der Waals surface area contributed by atoms with Crippen LogP contribution in [-0.4, -0.2) is 13.1 Å². The third-order valence-corrected chi connectivity index (χ3v) is 3.85. The summed E-state index contributed by atoms with van der Waals surface area (Å²) in [6.07, 6.45) is 4.65. The van der Waals surface area contributed by atoms with E-state index in [0.29, 0.717) is 5.92 Å². The zero-order chi connectivity index (χ0) is 12.1. The minimum Gasteiger partial charge on any atom is -0.316 e. The smallest absolute Gasteiger partial charge is 0.126 e. The van der Waals surface area contributed by atoms with Crippen molar-refractivity contribution in [2.45, 2.75) is 32.6 Å². The van der Waals surface area contributed by atoms with Crippen molar-refractivity contribution in [3.63, 3.8) is 0 Å². The minimum atomic E-state index is -0.0420. The molecule has 0 aliphatic heterocycles. The molecule has 0 amide bonds. The Balaban J connectivity index is 1.81. The molecule has 1 saturated carbocycles. The van der Waals surface area contributed by atoms with Gasteiger partial charge in [-0.3, -0.25) is 0 Å². The van der Waals surface area contributed by atoms with Crippen LogP contribution in [0.1, 0.15) is 31.7 Å². The Morgan fingerprint density at radius 1 is 1.24 bits per heavy atom. The second-order valence-electron chi connectivity index (χ2n) is 5.10. The molecule has 94 valence electrons. The molecule has 0 heterocycles. The Morgan fingerprint density at radius 3 is 2.65 bits per heavy atom. The van der Waals surface area contributed by atoms with Crippen molar-refractivity contribution in [1.82, 2.24) is 5.32 Å². The van der Waals surface area contributed by atoms with Crippen LogP contribution in [0.15, 0.2) is 24.3 Å². The van der Waals surface area contributed by atoms with Crippen LogP contribution in [0.25, 0.3) is 0 Å². The van der Waals surface area contributed by atoms with Gasteiger partial charge in [0.15, 0.2) is 0 Å². The molecule has 0 saturated heterocycles. The summed E-state index contributed by atoms with van der Waals surface area (Å²) in [6.45, 7) is 4.39. The maximum absolute atomic E-state index is 13.5. The van der Waals surface area contributed by atoms with Gasteiger partial charge in [-0.2, -0.15) is 0 Å². The van der Waals surface area contributed by atoms with E-state index in [0.717, 1.165) is 31.0 Å². The highest BCUT2D eigenvalue weighted by Gasteiger charge is 2.30. The molecule has 0 bridgehead atoms. The summed E-state index contributed by atoms with van der Waals surface area (Å²) in [4.78, 5) is 0. The lowest BCUT2D eigenvalue weighted by Gasteiger charge is -2.37. The Kier molecular flexibility index (Phi) is 4.55. The van der Waals surface area contributed by atoms with E-state index in [4.69, 9.17) is 0 Å². The summed E-state index contributed by atoms with van der Waals surface area (Å²) in [5, 5.41) is 3.47. The van der Waals surface area contributed by atoms with Crippen molar-refractivity contribution >= 4 is 0 Å². The van der Waals surface area contributed by atoms with Crippen molar-refractivity contribution in [2.24, 2.45) is 11.8 Å². The highest BCUT2D eigenvalue weighted by molar-refractivity contribution is 5.18. The maximum Gasteiger partial charge on any atom is 0.126 e. The Morgan fingerprint density at radius 2 is 2.00 bits per heavy atom. The van der Waals surface area contributed by atoms with Crippen LogP contribution in [0, 0.1) is 17.7 Å². The van der Waals surface area contributed by atoms with E-state index in [1.807, 2.05) is 12.1 Å². The van der Waals surface area contributed by atoms with Gasteiger partial charge in [0.05, 0.1) is 0 Å². The molecule has 0 radical (unpaired) electrons. The summed E-state index contributed by atoms with van der Waals surface area (Å²) in [6, 6.07) is 7.18. The molecule has 2 atom stereocenters. The van der Waals surface area contributed by atoms with Gasteiger partial charge in [-0.15, -0.1) is 0 Å². The van der Waals surface area contributed by atoms with Crippen molar-refractivity contribution in [1.29, 1.82) is 0 Å². The quantitative estimate of drug-likeness (QED) is 0.745. The van der Waals surface area contributed by atoms with Gasteiger partial charge in [0.1, 0.15) is 5.82 Å². The van der Waals surface area contributed by atoms with Crippen LogP contribution in [0.4, 0.5) is 4.39 Å². The van der Waals surface area contributed by atoms with Crippen LogP contribution >= 0.6 is 0 Å². The Bertz CT molecular complexity index is 351. The van der Waals surface area contributed by atoms with E-state index in [1.165, 1.54) is 19.3 Å². The first-order valence-electron chi connectivity index (χ1n) is 6.75. The average Bonchev–Trinajstić information content (AvgIpc) is 2.32. The molecule has 2 heteroatoms. The lowest BCUT2D eigenvalue weighted by molar-refractivity contribution is 0.170. The monoisotopic (exact) mass is 235 g/mol. The lowest BCUT2D eigenvalue weighted by atomic mass is 9.70. The third kappa shape index (κ3) is 3.29. The number of hydrogen-bond donors (Lipinski definition) is 1. The van der Waals surface area contributed by atoms with Crippen LogP contribution in [-0.2, 0) is 6.42 Å². The third-order valence-electron chi connectivity index (χ3n) is 3.85. The van der Waals surface area contributed by atoms with Crippen molar-refractivity contribution in [2.75, 3.05) is 13.1 Å². The van der Waals surface area contributed by atoms with E-state index in [9.17, 15) is 4.39 Å². The second-order valence-corrected chi connectivity index (χ2v) is 5.10. The molecule has 1 aromatic rings. The average molecular weight is 235 g/mol. The SMILES string of the molecule is CCCNCC1CCC1Cc1ccccc1F. The molecule has 1 aromatic carbocycles. The van der Waals surface area contributed by atoms with Crippen LogP contribution in [0.5, 0.6) is 0 Å². The Hall–Kier alpha value is -0.890. The zero-order valence-electron chi connectivity index (χ0n) is 10.6. The van der Waals surface area contributed by atoms with E-state index >= 15 is 0 Å². The summed E-state index contributed by atoms with van der Waals surface area (Å²) in [5.41, 5.74) is 0.887. The van der Waals surface area contributed by atoms with Crippen LogP contribution < -0.4 is 5.32 Å². The first-order chi connectivity index (χ1) is 8.31. The molecule has 1 nitrogen and oxygen atoms in total. The van der Waals surface area contributed by atoms with Gasteiger partial charge >= 0.3 is 0 Å². The molecular formula is C15H22FN. The van der Waals surface area contributed by atoms with Gasteiger partial charge < -0.3 is 5.32 Å². The van der Waals surface area contributed by atoms with E-state index in [2.05, 4.69) is 12.2 Å². The van der Waals surface area contributed by atoms with Crippen LogP contribution in [0.2, 0.25) is 0 Å². The zero-order valence-corrected chi connectivity index (χ0v) is 10.6. The standard InChI is InChI=1S/C15H22FN/c1-2-9-17-11-14-8-7-12(14)10-13-5-3-4-6-15(13)16/h3-6,12,14,17H,2,7-11H2,1H3. The summed E-state index contributed by atoms with van der Waals surface area (Å²) < 4.78 is 13.5. The largest absolute Gasteiger partial charge is 0.316 e. The summed E-state index contributed by atoms with van der Waals surface area (Å²) in [7, 11) is 0. The van der Waals surface area contributed by atoms with Crippen LogP contribution in [0.3, 0.4) is 0 Å². The highest BCUT2D eigenvalue weighted by Crippen LogP contribution is 2.36. The number of nitrogens with one attached hydrogen (secondary N) is 1. The molecule has 1 aliphatic rings. The first kappa shape index (κ1) is 12.6. The highest BCUT2D eigenvalue weighted by atomic mass is 19.1. The number of halogens is 1. The van der Waals surface area contributed by atoms with Crippen molar-refractivity contribution < 1.29 is 4.39 Å². The topological polar surface area (TPSA) is 12.0 Å². The number of rotatable bonds is 6. The molecule has 2 unspecified atom stereocenters. The van der Waals surface area contributed by atoms with Crippen molar-refractivity contribution in [3.8, 4) is 0 Å². The number of benzene rings is 1. The Labute approximate surface area is 103 Å². The second kappa shape index (κ2) is 6.15. The number of hydrogen-bond acceptors (Lipinski definition) is 1. The lowest BCUT2D eigenvalue weighted by Crippen LogP contribution is -2.36. The predicted octanol–water partition coefficient (Wildman–Crippen LogP) is 3.39. The van der Waals surface area contributed by atoms with Gasteiger partial charge in [0, 0.05) is 0 Å². The molecule has 1 fully saturated rings. The van der Waals surface area contributed by atoms with Gasteiger partial charge in [0.25, 0.3) is 0 Å². The molecule has 0 spiro atoms. The van der Waals surface area contributed by atoms with Crippen molar-refractivity contribution in [3.05, 3.63) is 35.6 Å². The van der Waals surface area contributed by atoms with Gasteiger partial charge in [-0.25, -0.2) is 4.39 Å². The molecule has 2 rings (SSSR count). The summed E-state index contributed by atoms with van der Waals surface area (Å²) >= 11 is 0. The normalized spacial score (nSPS) is 23.4. The molecule has 17 heavy (non-hydrogen) atoms. The van der Waals surface area contributed by atoms with E-state index in [-0.39, 0.29) is 5.82 Å². The van der Waals surface area contributed by atoms with E-state index in [1.54, 1.807) is 12.1 Å². The fourth-order valence-corrected chi connectivity index (χ4v) is 2.59. The molecule has 0 aromatic heterocycles. The predicted molar refractivity (Wildman–Crippen MR) is 69.5 cm³/mol. The van der Waals surface area contributed by atoms with E-state index < -0.39 is 0 Å². The van der Waals surface area contributed by atoms with Gasteiger partial charge in [-0.05, 0) is 62.2 Å². The minimum absolute atomic E-state index is 0.0420. The molecular weight excluding hydrogens is 213 g/mol. The fraction of sp³-hybridized carbons (Fsp3) is 0.600. The summed E-state index contributed by atoms with van der Waals surface area (Å²) in [5.74, 6) is 1.39. The fourth-order valence-electron chi connectivity index (χ4n) is 2.59. The van der Waals surface area contributed by atoms with Gasteiger partial charge in [0.2, 0.25) is 0 Å². The first-order valence-corrected chi connectivity index (χ1v) is 6.75.